The second kappa shape index (κ2) is 8.10. The number of carbonyl (C=O) groups is 2. The highest BCUT2D eigenvalue weighted by atomic mass is 19.1. The molecule has 0 radical (unpaired) electrons. The molecule has 5 nitrogen and oxygen atoms in total. The second-order valence-electron chi connectivity index (χ2n) is 5.03. The van der Waals surface area contributed by atoms with Gasteiger partial charge in [-0.1, -0.05) is 6.92 Å². The maximum absolute atomic E-state index is 12.9. The summed E-state index contributed by atoms with van der Waals surface area (Å²) in [5.41, 5.74) is 0.930. The fourth-order valence-corrected chi connectivity index (χ4v) is 2.03. The van der Waals surface area contributed by atoms with Crippen molar-refractivity contribution in [1.82, 2.24) is 0 Å². The number of benzene rings is 2. The van der Waals surface area contributed by atoms with Gasteiger partial charge in [0.1, 0.15) is 11.6 Å². The molecule has 0 spiro atoms. The van der Waals surface area contributed by atoms with E-state index in [0.717, 1.165) is 0 Å². The standard InChI is InChI=1S/C18H18FNO4/c1-3-16(24-15-10-6-13(19)7-11-15)17(21)20-14-8-4-12(5-9-14)18(22)23-2/h4-11,16H,3H2,1-2H3,(H,20,21)/t16-/m1/s1. The van der Waals surface area contributed by atoms with Crippen molar-refractivity contribution in [2.75, 3.05) is 12.4 Å². The summed E-state index contributed by atoms with van der Waals surface area (Å²) in [6.07, 6.45) is -0.264. The molecule has 1 amide bonds. The summed E-state index contributed by atoms with van der Waals surface area (Å²) in [5.74, 6) is -0.725. The predicted molar refractivity (Wildman–Crippen MR) is 87.5 cm³/mol. The summed E-state index contributed by atoms with van der Waals surface area (Å²) >= 11 is 0. The van der Waals surface area contributed by atoms with E-state index in [9.17, 15) is 14.0 Å². The molecular weight excluding hydrogens is 313 g/mol. The van der Waals surface area contributed by atoms with Gasteiger partial charge in [-0.05, 0) is 55.0 Å². The molecule has 0 saturated carbocycles. The monoisotopic (exact) mass is 331 g/mol. The number of carbonyl (C=O) groups excluding carboxylic acids is 2. The van der Waals surface area contributed by atoms with E-state index >= 15 is 0 Å². The van der Waals surface area contributed by atoms with Gasteiger partial charge < -0.3 is 14.8 Å². The molecule has 2 rings (SSSR count). The number of halogens is 1. The van der Waals surface area contributed by atoms with Gasteiger partial charge in [0, 0.05) is 5.69 Å². The van der Waals surface area contributed by atoms with E-state index in [0.29, 0.717) is 23.4 Å². The predicted octanol–water partition coefficient (Wildman–Crippen LogP) is 3.41. The average molecular weight is 331 g/mol. The molecule has 6 heteroatoms. The maximum Gasteiger partial charge on any atom is 0.337 e. The lowest BCUT2D eigenvalue weighted by atomic mass is 10.2. The van der Waals surface area contributed by atoms with Crippen LogP contribution in [0, 0.1) is 5.82 Å². The Morgan fingerprint density at radius 2 is 1.71 bits per heavy atom. The molecule has 2 aromatic carbocycles. The van der Waals surface area contributed by atoms with Crippen molar-refractivity contribution >= 4 is 17.6 Å². The first kappa shape index (κ1) is 17.5. The van der Waals surface area contributed by atoms with Crippen LogP contribution in [0.15, 0.2) is 48.5 Å². The van der Waals surface area contributed by atoms with E-state index in [2.05, 4.69) is 10.1 Å². The molecule has 0 saturated heterocycles. The molecule has 2 aromatic rings. The summed E-state index contributed by atoms with van der Waals surface area (Å²) in [4.78, 5) is 23.7. The minimum atomic E-state index is -0.712. The summed E-state index contributed by atoms with van der Waals surface area (Å²) in [7, 11) is 1.30. The quantitative estimate of drug-likeness (QED) is 0.824. The van der Waals surface area contributed by atoms with E-state index in [4.69, 9.17) is 4.74 Å². The lowest BCUT2D eigenvalue weighted by Gasteiger charge is -2.17. The third-order valence-corrected chi connectivity index (χ3v) is 3.33. The summed E-state index contributed by atoms with van der Waals surface area (Å²) < 4.78 is 23.1. The van der Waals surface area contributed by atoms with Crippen molar-refractivity contribution in [2.45, 2.75) is 19.4 Å². The Labute approximate surface area is 139 Å². The Kier molecular flexibility index (Phi) is 5.89. The van der Waals surface area contributed by atoms with Crippen LogP contribution in [0.2, 0.25) is 0 Å². The fourth-order valence-electron chi connectivity index (χ4n) is 2.03. The molecule has 1 N–H and O–H groups in total. The van der Waals surface area contributed by atoms with Crippen molar-refractivity contribution in [3.05, 3.63) is 59.9 Å². The van der Waals surface area contributed by atoms with Gasteiger partial charge >= 0.3 is 5.97 Å². The van der Waals surface area contributed by atoms with Crippen molar-refractivity contribution in [3.63, 3.8) is 0 Å². The van der Waals surface area contributed by atoms with Crippen LogP contribution in [-0.2, 0) is 9.53 Å². The van der Waals surface area contributed by atoms with Crippen LogP contribution in [0.1, 0.15) is 23.7 Å². The molecular formula is C18H18FNO4. The lowest BCUT2D eigenvalue weighted by molar-refractivity contribution is -0.122. The summed E-state index contributed by atoms with van der Waals surface area (Å²) in [6.45, 7) is 1.81. The van der Waals surface area contributed by atoms with Gasteiger partial charge in [-0.2, -0.15) is 0 Å². The van der Waals surface area contributed by atoms with E-state index < -0.39 is 12.1 Å². The first-order chi connectivity index (χ1) is 11.5. The van der Waals surface area contributed by atoms with Crippen LogP contribution < -0.4 is 10.1 Å². The first-order valence-electron chi connectivity index (χ1n) is 7.45. The number of ether oxygens (including phenoxy) is 2. The minimum Gasteiger partial charge on any atom is -0.481 e. The largest absolute Gasteiger partial charge is 0.481 e. The van der Waals surface area contributed by atoms with E-state index in [1.807, 2.05) is 6.92 Å². The Morgan fingerprint density at radius 1 is 1.08 bits per heavy atom. The molecule has 0 aromatic heterocycles. The number of hydrogen-bond donors (Lipinski definition) is 1. The van der Waals surface area contributed by atoms with E-state index in [-0.39, 0.29) is 11.7 Å². The number of anilines is 1. The van der Waals surface area contributed by atoms with Crippen molar-refractivity contribution < 1.29 is 23.5 Å². The molecule has 24 heavy (non-hydrogen) atoms. The van der Waals surface area contributed by atoms with Crippen molar-refractivity contribution in [2.24, 2.45) is 0 Å². The third-order valence-electron chi connectivity index (χ3n) is 3.33. The second-order valence-corrected chi connectivity index (χ2v) is 5.03. The minimum absolute atomic E-state index is 0.326. The van der Waals surface area contributed by atoms with E-state index in [1.165, 1.54) is 31.4 Å². The smallest absolute Gasteiger partial charge is 0.337 e. The van der Waals surface area contributed by atoms with Gasteiger partial charge in [-0.25, -0.2) is 9.18 Å². The zero-order valence-electron chi connectivity index (χ0n) is 13.4. The summed E-state index contributed by atoms with van der Waals surface area (Å²) in [5, 5.41) is 2.72. The highest BCUT2D eigenvalue weighted by molar-refractivity contribution is 5.95. The van der Waals surface area contributed by atoms with Gasteiger partial charge in [0.05, 0.1) is 12.7 Å². The molecule has 0 aliphatic heterocycles. The van der Waals surface area contributed by atoms with Crippen molar-refractivity contribution in [3.8, 4) is 5.75 Å². The molecule has 1 atom stereocenters. The van der Waals surface area contributed by atoms with E-state index in [1.54, 1.807) is 24.3 Å². The normalized spacial score (nSPS) is 11.5. The molecule has 0 aliphatic carbocycles. The van der Waals surface area contributed by atoms with Gasteiger partial charge in [0.15, 0.2) is 6.10 Å². The number of methoxy groups -OCH3 is 1. The van der Waals surface area contributed by atoms with Gasteiger partial charge in [0.2, 0.25) is 0 Å². The Morgan fingerprint density at radius 3 is 2.25 bits per heavy atom. The van der Waals surface area contributed by atoms with Crippen LogP contribution in [0.5, 0.6) is 5.75 Å². The number of nitrogens with one attached hydrogen (secondary N) is 1. The van der Waals surface area contributed by atoms with Crippen LogP contribution in [-0.4, -0.2) is 25.1 Å². The zero-order valence-corrected chi connectivity index (χ0v) is 13.4. The maximum atomic E-state index is 12.9. The third kappa shape index (κ3) is 4.55. The molecule has 0 fully saturated rings. The average Bonchev–Trinajstić information content (AvgIpc) is 2.61. The van der Waals surface area contributed by atoms with Gasteiger partial charge in [0.25, 0.3) is 5.91 Å². The molecule has 0 heterocycles. The molecule has 0 unspecified atom stereocenters. The van der Waals surface area contributed by atoms with Crippen LogP contribution in [0.25, 0.3) is 0 Å². The van der Waals surface area contributed by atoms with Crippen LogP contribution in [0.3, 0.4) is 0 Å². The Balaban J connectivity index is 2.00. The van der Waals surface area contributed by atoms with Crippen LogP contribution >= 0.6 is 0 Å². The Bertz CT molecular complexity index is 698. The van der Waals surface area contributed by atoms with Crippen LogP contribution in [0.4, 0.5) is 10.1 Å². The first-order valence-corrected chi connectivity index (χ1v) is 7.45. The number of amides is 1. The summed E-state index contributed by atoms with van der Waals surface area (Å²) in [6, 6.07) is 11.8. The molecule has 126 valence electrons. The fraction of sp³-hybridized carbons (Fsp3) is 0.222. The highest BCUT2D eigenvalue weighted by Crippen LogP contribution is 2.16. The number of esters is 1. The van der Waals surface area contributed by atoms with Gasteiger partial charge in [-0.15, -0.1) is 0 Å². The lowest BCUT2D eigenvalue weighted by Crippen LogP contribution is -2.32. The SMILES string of the molecule is CC[C@@H](Oc1ccc(F)cc1)C(=O)Nc1ccc(C(=O)OC)cc1. The van der Waals surface area contributed by atoms with Gasteiger partial charge in [-0.3, -0.25) is 4.79 Å². The molecule has 0 bridgehead atoms. The topological polar surface area (TPSA) is 64.6 Å². The Hall–Kier alpha value is -2.89. The number of rotatable bonds is 6. The molecule has 0 aliphatic rings. The van der Waals surface area contributed by atoms with Crippen molar-refractivity contribution in [1.29, 1.82) is 0 Å². The highest BCUT2D eigenvalue weighted by Gasteiger charge is 2.18. The zero-order chi connectivity index (χ0) is 17.5. The number of hydrogen-bond acceptors (Lipinski definition) is 4.